The van der Waals surface area contributed by atoms with Gasteiger partial charge in [-0.2, -0.15) is 0 Å². The summed E-state index contributed by atoms with van der Waals surface area (Å²) in [5.41, 5.74) is 1.69. The Hall–Kier alpha value is -1.29. The third-order valence-corrected chi connectivity index (χ3v) is 2.77. The van der Waals surface area contributed by atoms with E-state index in [-0.39, 0.29) is 11.7 Å². The summed E-state index contributed by atoms with van der Waals surface area (Å²) in [5, 5.41) is 0. The van der Waals surface area contributed by atoms with Crippen molar-refractivity contribution in [3.05, 3.63) is 46.6 Å². The molecular formula is C13H12BrFN2. The maximum Gasteiger partial charge on any atom is 0.132 e. The molecule has 0 saturated carbocycles. The number of halogens is 2. The Morgan fingerprint density at radius 2 is 1.76 bits per heavy atom. The van der Waals surface area contributed by atoms with Gasteiger partial charge in [0.05, 0.1) is 5.69 Å². The van der Waals surface area contributed by atoms with E-state index in [1.165, 1.54) is 12.1 Å². The average Bonchev–Trinajstić information content (AvgIpc) is 2.29. The van der Waals surface area contributed by atoms with Crippen molar-refractivity contribution in [3.8, 4) is 11.3 Å². The standard InChI is InChI=1S/C13H12BrFN2/c1-8(2)13-16-11(7-12(14)17-13)9-3-5-10(15)6-4-9/h3-8H,1-2H3. The van der Waals surface area contributed by atoms with E-state index in [4.69, 9.17) is 0 Å². The van der Waals surface area contributed by atoms with Gasteiger partial charge in [0.25, 0.3) is 0 Å². The first-order valence-corrected chi connectivity index (χ1v) is 6.16. The highest BCUT2D eigenvalue weighted by molar-refractivity contribution is 9.10. The fourth-order valence-electron chi connectivity index (χ4n) is 1.46. The molecule has 0 N–H and O–H groups in total. The van der Waals surface area contributed by atoms with Gasteiger partial charge in [-0.05, 0) is 46.3 Å². The lowest BCUT2D eigenvalue weighted by Crippen LogP contribution is -1.99. The van der Waals surface area contributed by atoms with Crippen LogP contribution in [0.5, 0.6) is 0 Å². The molecule has 4 heteroatoms. The van der Waals surface area contributed by atoms with Crippen LogP contribution in [0.25, 0.3) is 11.3 Å². The Morgan fingerprint density at radius 1 is 1.12 bits per heavy atom. The van der Waals surface area contributed by atoms with Gasteiger partial charge in [0.2, 0.25) is 0 Å². The largest absolute Gasteiger partial charge is 0.233 e. The van der Waals surface area contributed by atoms with Crippen LogP contribution in [0.1, 0.15) is 25.6 Å². The van der Waals surface area contributed by atoms with Gasteiger partial charge in [-0.1, -0.05) is 13.8 Å². The molecule has 0 aliphatic rings. The second-order valence-corrected chi connectivity index (χ2v) is 4.91. The van der Waals surface area contributed by atoms with E-state index in [0.717, 1.165) is 21.7 Å². The zero-order chi connectivity index (χ0) is 12.4. The lowest BCUT2D eigenvalue weighted by atomic mass is 10.1. The van der Waals surface area contributed by atoms with Crippen molar-refractivity contribution >= 4 is 15.9 Å². The number of aromatic nitrogens is 2. The van der Waals surface area contributed by atoms with Gasteiger partial charge in [0, 0.05) is 11.5 Å². The molecule has 2 rings (SSSR count). The molecular weight excluding hydrogens is 283 g/mol. The van der Waals surface area contributed by atoms with Crippen LogP contribution in [-0.4, -0.2) is 9.97 Å². The number of benzene rings is 1. The lowest BCUT2D eigenvalue weighted by Gasteiger charge is -2.07. The summed E-state index contributed by atoms with van der Waals surface area (Å²) in [6.45, 7) is 4.08. The van der Waals surface area contributed by atoms with E-state index in [1.807, 2.05) is 19.9 Å². The van der Waals surface area contributed by atoms with Gasteiger partial charge in [-0.15, -0.1) is 0 Å². The molecule has 1 aromatic carbocycles. The average molecular weight is 295 g/mol. The van der Waals surface area contributed by atoms with Crippen LogP contribution < -0.4 is 0 Å². The minimum Gasteiger partial charge on any atom is -0.233 e. The van der Waals surface area contributed by atoms with Gasteiger partial charge >= 0.3 is 0 Å². The Balaban J connectivity index is 2.48. The summed E-state index contributed by atoms with van der Waals surface area (Å²) in [7, 11) is 0. The summed E-state index contributed by atoms with van der Waals surface area (Å²) < 4.78 is 13.6. The zero-order valence-corrected chi connectivity index (χ0v) is 11.2. The maximum absolute atomic E-state index is 12.8. The summed E-state index contributed by atoms with van der Waals surface area (Å²) in [5.74, 6) is 0.788. The molecule has 17 heavy (non-hydrogen) atoms. The molecule has 2 nitrogen and oxygen atoms in total. The minimum atomic E-state index is -0.244. The van der Waals surface area contributed by atoms with Crippen molar-refractivity contribution in [2.45, 2.75) is 19.8 Å². The molecule has 0 unspecified atom stereocenters. The highest BCUT2D eigenvalue weighted by Gasteiger charge is 2.08. The van der Waals surface area contributed by atoms with E-state index in [1.54, 1.807) is 12.1 Å². The number of nitrogens with zero attached hydrogens (tertiary/aromatic N) is 2. The fourth-order valence-corrected chi connectivity index (χ4v) is 1.86. The zero-order valence-electron chi connectivity index (χ0n) is 9.61. The summed E-state index contributed by atoms with van der Waals surface area (Å²) in [6, 6.07) is 8.13. The first-order chi connectivity index (χ1) is 8.06. The molecule has 1 aromatic heterocycles. The molecule has 0 atom stereocenters. The maximum atomic E-state index is 12.8. The van der Waals surface area contributed by atoms with E-state index in [0.29, 0.717) is 0 Å². The van der Waals surface area contributed by atoms with Crippen LogP contribution >= 0.6 is 15.9 Å². The number of rotatable bonds is 2. The van der Waals surface area contributed by atoms with Crippen LogP contribution in [0.2, 0.25) is 0 Å². The van der Waals surface area contributed by atoms with Crippen LogP contribution in [0.4, 0.5) is 4.39 Å². The summed E-state index contributed by atoms with van der Waals surface area (Å²) >= 11 is 3.37. The molecule has 0 fully saturated rings. The van der Waals surface area contributed by atoms with Crippen LogP contribution in [-0.2, 0) is 0 Å². The van der Waals surface area contributed by atoms with Crippen LogP contribution in [0.15, 0.2) is 34.9 Å². The predicted octanol–water partition coefficient (Wildman–Crippen LogP) is 4.17. The van der Waals surface area contributed by atoms with Crippen molar-refractivity contribution in [2.75, 3.05) is 0 Å². The fraction of sp³-hybridized carbons (Fsp3) is 0.231. The third-order valence-electron chi connectivity index (χ3n) is 2.37. The minimum absolute atomic E-state index is 0.244. The highest BCUT2D eigenvalue weighted by Crippen LogP contribution is 2.22. The van der Waals surface area contributed by atoms with E-state index in [9.17, 15) is 4.39 Å². The second-order valence-electron chi connectivity index (χ2n) is 4.10. The topological polar surface area (TPSA) is 25.8 Å². The SMILES string of the molecule is CC(C)c1nc(Br)cc(-c2ccc(F)cc2)n1. The number of hydrogen-bond donors (Lipinski definition) is 0. The van der Waals surface area contributed by atoms with E-state index in [2.05, 4.69) is 25.9 Å². The van der Waals surface area contributed by atoms with Crippen molar-refractivity contribution in [1.29, 1.82) is 0 Å². The highest BCUT2D eigenvalue weighted by atomic mass is 79.9. The van der Waals surface area contributed by atoms with Gasteiger partial charge in [-0.3, -0.25) is 0 Å². The normalized spacial score (nSPS) is 10.9. The number of hydrogen-bond acceptors (Lipinski definition) is 2. The molecule has 0 aliphatic carbocycles. The Kier molecular flexibility index (Phi) is 3.52. The molecule has 0 spiro atoms. The van der Waals surface area contributed by atoms with E-state index >= 15 is 0 Å². The van der Waals surface area contributed by atoms with Gasteiger partial charge in [0.15, 0.2) is 0 Å². The van der Waals surface area contributed by atoms with Crippen molar-refractivity contribution in [2.24, 2.45) is 0 Å². The van der Waals surface area contributed by atoms with Crippen LogP contribution in [0, 0.1) is 5.82 Å². The first-order valence-electron chi connectivity index (χ1n) is 5.36. The van der Waals surface area contributed by atoms with Crippen molar-refractivity contribution < 1.29 is 4.39 Å². The Morgan fingerprint density at radius 3 is 2.35 bits per heavy atom. The van der Waals surface area contributed by atoms with Gasteiger partial charge in [-0.25, -0.2) is 14.4 Å². The second kappa shape index (κ2) is 4.92. The monoisotopic (exact) mass is 294 g/mol. The molecule has 88 valence electrons. The molecule has 2 aromatic rings. The molecule has 1 heterocycles. The van der Waals surface area contributed by atoms with E-state index < -0.39 is 0 Å². The quantitative estimate of drug-likeness (QED) is 0.777. The molecule has 0 saturated heterocycles. The Bertz CT molecular complexity index is 523. The summed E-state index contributed by atoms with van der Waals surface area (Å²) in [4.78, 5) is 8.78. The van der Waals surface area contributed by atoms with Gasteiger partial charge < -0.3 is 0 Å². The molecule has 0 aliphatic heterocycles. The van der Waals surface area contributed by atoms with Crippen molar-refractivity contribution in [3.63, 3.8) is 0 Å². The Labute approximate surface area is 108 Å². The molecule has 0 radical (unpaired) electrons. The van der Waals surface area contributed by atoms with Crippen LogP contribution in [0.3, 0.4) is 0 Å². The predicted molar refractivity (Wildman–Crippen MR) is 69.2 cm³/mol. The molecule has 0 amide bonds. The van der Waals surface area contributed by atoms with Crippen molar-refractivity contribution in [1.82, 2.24) is 9.97 Å². The van der Waals surface area contributed by atoms with Gasteiger partial charge in [0.1, 0.15) is 16.2 Å². The molecule has 0 bridgehead atoms. The lowest BCUT2D eigenvalue weighted by molar-refractivity contribution is 0.628. The first kappa shape index (κ1) is 12.2. The smallest absolute Gasteiger partial charge is 0.132 e. The third kappa shape index (κ3) is 2.88. The summed E-state index contributed by atoms with van der Waals surface area (Å²) in [6.07, 6.45) is 0.